The Labute approximate surface area is 278 Å². The second kappa shape index (κ2) is 16.4. The molecule has 4 aromatic rings. The van der Waals surface area contributed by atoms with Crippen molar-refractivity contribution in [3.05, 3.63) is 119 Å². The number of carbonyl (C=O) groups excluding carboxylic acids is 2. The number of thioether (sulfide) groups is 1. The first kappa shape index (κ1) is 33.9. The number of amides is 2. The number of rotatable bonds is 13. The molecule has 4 N–H and O–H groups in total. The lowest BCUT2D eigenvalue weighted by molar-refractivity contribution is -0.245. The maximum Gasteiger partial charge on any atom is 0.303 e. The number of aliphatic hydroxyl groups is 1. The molecule has 0 aliphatic carbocycles. The molecule has 1 saturated heterocycles. The van der Waals surface area contributed by atoms with Gasteiger partial charge in [0.15, 0.2) is 6.29 Å². The minimum atomic E-state index is -0.998. The molecular formula is C37H38N2O7S. The molecule has 3 atom stereocenters. The Hall–Kier alpha value is -4.48. The van der Waals surface area contributed by atoms with Crippen LogP contribution in [0.1, 0.15) is 60.8 Å². The van der Waals surface area contributed by atoms with E-state index in [4.69, 9.17) is 14.6 Å². The van der Waals surface area contributed by atoms with Crippen molar-refractivity contribution in [1.82, 2.24) is 5.32 Å². The molecule has 4 aromatic carbocycles. The SMILES string of the molecule is CC(=O)Nc1ccc(SC[C@H]2C[C@@H](c3ccc(CO)cc3)O[C@@H](c3ccc(-c4cccc(CNC(=O)CCC(=O)O)c4)cc3)O2)cc1. The standard InChI is InChI=1S/C37H38N2O7S/c1-24(41)39-31-13-15-33(16-14-31)47-23-32-20-34(28-7-5-25(22-40)6-8-28)46-37(45-32)29-11-9-27(10-12-29)30-4-2-3-26(19-30)21-38-35(42)17-18-36(43)44/h2-16,19,32,34,37,40H,17-18,20-23H2,1H3,(H,38,42)(H,39,41)(H,43,44)/t32-,34+,37+/m1/s1. The molecule has 0 spiro atoms. The summed E-state index contributed by atoms with van der Waals surface area (Å²) in [5.41, 5.74) is 6.40. The zero-order valence-corrected chi connectivity index (χ0v) is 26.9. The normalized spacial score (nSPS) is 17.5. The number of hydrogen-bond acceptors (Lipinski definition) is 7. The fraction of sp³-hybridized carbons (Fsp3) is 0.270. The van der Waals surface area contributed by atoms with Gasteiger partial charge in [-0.3, -0.25) is 14.4 Å². The van der Waals surface area contributed by atoms with Crippen LogP contribution in [-0.2, 0) is 37.0 Å². The molecule has 1 fully saturated rings. The minimum Gasteiger partial charge on any atom is -0.481 e. The second-order valence-electron chi connectivity index (χ2n) is 11.4. The van der Waals surface area contributed by atoms with E-state index >= 15 is 0 Å². The van der Waals surface area contributed by atoms with Gasteiger partial charge in [0.05, 0.1) is 25.2 Å². The molecule has 0 unspecified atom stereocenters. The lowest BCUT2D eigenvalue weighted by Gasteiger charge is -2.36. The zero-order chi connectivity index (χ0) is 33.2. The predicted molar refractivity (Wildman–Crippen MR) is 180 cm³/mol. The molecule has 5 rings (SSSR count). The van der Waals surface area contributed by atoms with Gasteiger partial charge in [-0.25, -0.2) is 0 Å². The number of ether oxygens (including phenoxy) is 2. The van der Waals surface area contributed by atoms with Crippen molar-refractivity contribution in [3.8, 4) is 11.1 Å². The van der Waals surface area contributed by atoms with Crippen LogP contribution in [0.25, 0.3) is 11.1 Å². The van der Waals surface area contributed by atoms with E-state index in [2.05, 4.69) is 10.6 Å². The second-order valence-corrected chi connectivity index (χ2v) is 12.5. The smallest absolute Gasteiger partial charge is 0.303 e. The van der Waals surface area contributed by atoms with Gasteiger partial charge in [-0.05, 0) is 58.1 Å². The average Bonchev–Trinajstić information content (AvgIpc) is 3.09. The van der Waals surface area contributed by atoms with Crippen LogP contribution in [0.2, 0.25) is 0 Å². The third kappa shape index (κ3) is 10.0. The summed E-state index contributed by atoms with van der Waals surface area (Å²) in [6.07, 6.45) is -0.458. The lowest BCUT2D eigenvalue weighted by Crippen LogP contribution is -2.31. The van der Waals surface area contributed by atoms with Crippen molar-refractivity contribution in [2.75, 3.05) is 11.1 Å². The van der Waals surface area contributed by atoms with E-state index in [9.17, 15) is 19.5 Å². The highest BCUT2D eigenvalue weighted by molar-refractivity contribution is 7.99. The molecule has 0 aromatic heterocycles. The van der Waals surface area contributed by atoms with Crippen molar-refractivity contribution in [2.45, 2.75) is 62.7 Å². The molecular weight excluding hydrogens is 616 g/mol. The van der Waals surface area contributed by atoms with Crippen LogP contribution in [0.3, 0.4) is 0 Å². The number of carbonyl (C=O) groups is 3. The fourth-order valence-electron chi connectivity index (χ4n) is 5.25. The maximum atomic E-state index is 12.0. The van der Waals surface area contributed by atoms with E-state index in [0.29, 0.717) is 18.7 Å². The van der Waals surface area contributed by atoms with E-state index in [1.54, 1.807) is 11.8 Å². The lowest BCUT2D eigenvalue weighted by atomic mass is 9.99. The molecule has 2 amide bonds. The van der Waals surface area contributed by atoms with Crippen LogP contribution in [0.4, 0.5) is 5.69 Å². The topological polar surface area (TPSA) is 134 Å². The summed E-state index contributed by atoms with van der Waals surface area (Å²) in [6.45, 7) is 1.78. The van der Waals surface area contributed by atoms with Gasteiger partial charge in [0.25, 0.3) is 0 Å². The Kier molecular flexibility index (Phi) is 11.8. The Bertz CT molecular complexity index is 1660. The molecule has 244 valence electrons. The fourth-order valence-corrected chi connectivity index (χ4v) is 6.17. The van der Waals surface area contributed by atoms with Crippen molar-refractivity contribution in [1.29, 1.82) is 0 Å². The van der Waals surface area contributed by atoms with E-state index in [-0.39, 0.29) is 43.5 Å². The van der Waals surface area contributed by atoms with E-state index < -0.39 is 12.3 Å². The van der Waals surface area contributed by atoms with Crippen molar-refractivity contribution in [2.24, 2.45) is 0 Å². The van der Waals surface area contributed by atoms with Crippen LogP contribution in [0, 0.1) is 0 Å². The maximum absolute atomic E-state index is 12.0. The summed E-state index contributed by atoms with van der Waals surface area (Å²) < 4.78 is 13.0. The van der Waals surface area contributed by atoms with Crippen LogP contribution in [-0.4, -0.2) is 39.9 Å². The number of benzene rings is 4. The van der Waals surface area contributed by atoms with Gasteiger partial charge in [0.1, 0.15) is 0 Å². The van der Waals surface area contributed by atoms with Gasteiger partial charge < -0.3 is 30.3 Å². The van der Waals surface area contributed by atoms with Gasteiger partial charge in [0.2, 0.25) is 11.8 Å². The summed E-state index contributed by atoms with van der Waals surface area (Å²) in [6, 6.07) is 31.5. The zero-order valence-electron chi connectivity index (χ0n) is 26.1. The number of carboxylic acid groups (broad SMARTS) is 1. The first-order valence-corrected chi connectivity index (χ1v) is 16.4. The molecule has 0 radical (unpaired) electrons. The van der Waals surface area contributed by atoms with Gasteiger partial charge in [-0.2, -0.15) is 0 Å². The highest BCUT2D eigenvalue weighted by Gasteiger charge is 2.32. The summed E-state index contributed by atoms with van der Waals surface area (Å²) in [4.78, 5) is 35.1. The Balaban J connectivity index is 1.27. The van der Waals surface area contributed by atoms with Crippen LogP contribution < -0.4 is 10.6 Å². The van der Waals surface area contributed by atoms with Gasteiger partial charge >= 0.3 is 5.97 Å². The average molecular weight is 655 g/mol. The number of carboxylic acids is 1. The number of aliphatic hydroxyl groups excluding tert-OH is 1. The molecule has 0 saturated carbocycles. The van der Waals surface area contributed by atoms with Gasteiger partial charge in [0, 0.05) is 48.2 Å². The van der Waals surface area contributed by atoms with Crippen molar-refractivity contribution >= 4 is 35.2 Å². The molecule has 47 heavy (non-hydrogen) atoms. The first-order valence-electron chi connectivity index (χ1n) is 15.4. The molecule has 10 heteroatoms. The predicted octanol–water partition coefficient (Wildman–Crippen LogP) is 6.62. The third-order valence-electron chi connectivity index (χ3n) is 7.72. The van der Waals surface area contributed by atoms with Crippen molar-refractivity contribution in [3.63, 3.8) is 0 Å². The van der Waals surface area contributed by atoms with Gasteiger partial charge in [-0.1, -0.05) is 66.7 Å². The molecule has 1 heterocycles. The number of aliphatic carboxylic acids is 1. The summed E-state index contributed by atoms with van der Waals surface area (Å²) in [5, 5.41) is 23.9. The Morgan fingerprint density at radius 3 is 2.23 bits per heavy atom. The quantitative estimate of drug-likeness (QED) is 0.118. The van der Waals surface area contributed by atoms with E-state index in [0.717, 1.165) is 44.0 Å². The van der Waals surface area contributed by atoms with Gasteiger partial charge in [-0.15, -0.1) is 11.8 Å². The van der Waals surface area contributed by atoms with E-state index in [1.807, 2.05) is 97.1 Å². The third-order valence-corrected chi connectivity index (χ3v) is 8.87. The number of hydrogen-bond donors (Lipinski definition) is 4. The number of nitrogens with one attached hydrogen (secondary N) is 2. The van der Waals surface area contributed by atoms with Crippen LogP contribution in [0.5, 0.6) is 0 Å². The highest BCUT2D eigenvalue weighted by atomic mass is 32.2. The van der Waals surface area contributed by atoms with Crippen LogP contribution in [0.15, 0.2) is 102 Å². The van der Waals surface area contributed by atoms with Crippen molar-refractivity contribution < 1.29 is 34.1 Å². The molecule has 1 aliphatic heterocycles. The monoisotopic (exact) mass is 654 g/mol. The minimum absolute atomic E-state index is 0.0196. The summed E-state index contributed by atoms with van der Waals surface area (Å²) in [5.74, 6) is -0.692. The Morgan fingerprint density at radius 1 is 0.830 bits per heavy atom. The molecule has 1 aliphatic rings. The summed E-state index contributed by atoms with van der Waals surface area (Å²) >= 11 is 1.69. The Morgan fingerprint density at radius 2 is 1.55 bits per heavy atom. The summed E-state index contributed by atoms with van der Waals surface area (Å²) in [7, 11) is 0. The van der Waals surface area contributed by atoms with E-state index in [1.165, 1.54) is 6.92 Å². The first-order chi connectivity index (χ1) is 22.7. The largest absolute Gasteiger partial charge is 0.481 e. The number of anilines is 1. The van der Waals surface area contributed by atoms with Crippen LogP contribution >= 0.6 is 11.8 Å². The molecule has 9 nitrogen and oxygen atoms in total. The molecule has 0 bridgehead atoms. The highest BCUT2D eigenvalue weighted by Crippen LogP contribution is 2.40.